The van der Waals surface area contributed by atoms with Crippen LogP contribution in [-0.4, -0.2) is 25.2 Å². The van der Waals surface area contributed by atoms with E-state index >= 15 is 0 Å². The van der Waals surface area contributed by atoms with Crippen molar-refractivity contribution in [3.63, 3.8) is 0 Å². The van der Waals surface area contributed by atoms with Gasteiger partial charge in [-0.05, 0) is 70.5 Å². The van der Waals surface area contributed by atoms with Crippen molar-refractivity contribution in [2.45, 2.75) is 51.5 Å². The summed E-state index contributed by atoms with van der Waals surface area (Å²) in [6.07, 6.45) is 6.92. The highest BCUT2D eigenvalue weighted by atomic mass is 15.0. The monoisotopic (exact) mass is 210 g/mol. The summed E-state index contributed by atoms with van der Waals surface area (Å²) < 4.78 is 0. The van der Waals surface area contributed by atoms with Crippen LogP contribution in [0.2, 0.25) is 0 Å². The van der Waals surface area contributed by atoms with Crippen LogP contribution < -0.4 is 10.6 Å². The lowest BCUT2D eigenvalue weighted by molar-refractivity contribution is 0.263. The molecular weight excluding hydrogens is 184 g/mol. The standard InChI is InChI=1S/C13H26N2/c1-11(12-4-3-8-14-10-12)5-9-15-13(2)6-7-13/h11-12,14-15H,3-10H2,1-2H3. The summed E-state index contributed by atoms with van der Waals surface area (Å²) in [5.41, 5.74) is 0.518. The van der Waals surface area contributed by atoms with Crippen molar-refractivity contribution in [1.82, 2.24) is 10.6 Å². The van der Waals surface area contributed by atoms with Crippen molar-refractivity contribution < 1.29 is 0 Å². The Morgan fingerprint density at radius 3 is 2.87 bits per heavy atom. The normalized spacial score (nSPS) is 31.2. The first-order chi connectivity index (χ1) is 7.20. The predicted molar refractivity (Wildman–Crippen MR) is 65.0 cm³/mol. The van der Waals surface area contributed by atoms with Gasteiger partial charge in [0.25, 0.3) is 0 Å². The molecule has 1 saturated heterocycles. The molecule has 0 amide bonds. The van der Waals surface area contributed by atoms with Crippen molar-refractivity contribution in [2.75, 3.05) is 19.6 Å². The molecule has 2 unspecified atom stereocenters. The van der Waals surface area contributed by atoms with Gasteiger partial charge in [0.1, 0.15) is 0 Å². The van der Waals surface area contributed by atoms with Gasteiger partial charge in [0, 0.05) is 5.54 Å². The third-order valence-electron chi connectivity index (χ3n) is 4.29. The molecular formula is C13H26N2. The van der Waals surface area contributed by atoms with Crippen LogP contribution in [0.4, 0.5) is 0 Å². The second-order valence-electron chi connectivity index (χ2n) is 5.86. The van der Waals surface area contributed by atoms with Crippen molar-refractivity contribution in [3.8, 4) is 0 Å². The first-order valence-electron chi connectivity index (χ1n) is 6.65. The average molecular weight is 210 g/mol. The topological polar surface area (TPSA) is 24.1 Å². The van der Waals surface area contributed by atoms with Gasteiger partial charge in [-0.25, -0.2) is 0 Å². The summed E-state index contributed by atoms with van der Waals surface area (Å²) in [6, 6.07) is 0. The Hall–Kier alpha value is -0.0800. The average Bonchev–Trinajstić information content (AvgIpc) is 2.98. The molecule has 1 saturated carbocycles. The zero-order valence-electron chi connectivity index (χ0n) is 10.3. The lowest BCUT2D eigenvalue weighted by atomic mass is 9.85. The number of hydrogen-bond donors (Lipinski definition) is 2. The maximum Gasteiger partial charge on any atom is 0.0154 e. The first kappa shape index (κ1) is 11.4. The predicted octanol–water partition coefficient (Wildman–Crippen LogP) is 2.15. The summed E-state index contributed by atoms with van der Waals surface area (Å²) in [5, 5.41) is 7.20. The van der Waals surface area contributed by atoms with Crippen molar-refractivity contribution in [2.24, 2.45) is 11.8 Å². The second-order valence-corrected chi connectivity index (χ2v) is 5.86. The molecule has 2 aliphatic rings. The van der Waals surface area contributed by atoms with Crippen LogP contribution in [0.25, 0.3) is 0 Å². The Balaban J connectivity index is 1.60. The molecule has 2 atom stereocenters. The third-order valence-corrected chi connectivity index (χ3v) is 4.29. The molecule has 0 aromatic carbocycles. The molecule has 0 bridgehead atoms. The molecule has 1 aliphatic carbocycles. The van der Waals surface area contributed by atoms with E-state index in [1.165, 1.54) is 51.7 Å². The summed E-state index contributed by atoms with van der Waals surface area (Å²) in [4.78, 5) is 0. The number of rotatable bonds is 5. The fourth-order valence-electron chi connectivity index (χ4n) is 2.57. The van der Waals surface area contributed by atoms with E-state index in [4.69, 9.17) is 0 Å². The van der Waals surface area contributed by atoms with Gasteiger partial charge in [0.05, 0.1) is 0 Å². The third kappa shape index (κ3) is 3.46. The molecule has 0 aromatic heterocycles. The van der Waals surface area contributed by atoms with Gasteiger partial charge in [0.15, 0.2) is 0 Å². The van der Waals surface area contributed by atoms with Crippen LogP contribution in [0, 0.1) is 11.8 Å². The molecule has 0 aromatic rings. The van der Waals surface area contributed by atoms with Crippen LogP contribution in [0.5, 0.6) is 0 Å². The lowest BCUT2D eigenvalue weighted by Crippen LogP contribution is -2.35. The van der Waals surface area contributed by atoms with Crippen LogP contribution in [-0.2, 0) is 0 Å². The Morgan fingerprint density at radius 1 is 1.47 bits per heavy atom. The quantitative estimate of drug-likeness (QED) is 0.726. The molecule has 2 N–H and O–H groups in total. The molecule has 88 valence electrons. The minimum absolute atomic E-state index is 0.518. The highest BCUT2D eigenvalue weighted by Crippen LogP contribution is 2.34. The summed E-state index contributed by atoms with van der Waals surface area (Å²) in [7, 11) is 0. The Bertz CT molecular complexity index is 193. The van der Waals surface area contributed by atoms with E-state index in [9.17, 15) is 0 Å². The highest BCUT2D eigenvalue weighted by Gasteiger charge is 2.36. The van der Waals surface area contributed by atoms with Gasteiger partial charge in [-0.1, -0.05) is 6.92 Å². The molecule has 15 heavy (non-hydrogen) atoms. The van der Waals surface area contributed by atoms with Gasteiger partial charge in [0.2, 0.25) is 0 Å². The molecule has 1 aliphatic heterocycles. The lowest BCUT2D eigenvalue weighted by Gasteiger charge is -2.28. The van der Waals surface area contributed by atoms with E-state index < -0.39 is 0 Å². The molecule has 1 heterocycles. The van der Waals surface area contributed by atoms with E-state index in [0.29, 0.717) is 5.54 Å². The van der Waals surface area contributed by atoms with Crippen LogP contribution in [0.3, 0.4) is 0 Å². The zero-order chi connectivity index (χ0) is 10.7. The zero-order valence-corrected chi connectivity index (χ0v) is 10.3. The van der Waals surface area contributed by atoms with Crippen molar-refractivity contribution in [1.29, 1.82) is 0 Å². The number of nitrogens with one attached hydrogen (secondary N) is 2. The SMILES string of the molecule is CC(CCNC1(C)CC1)C1CCCNC1. The summed E-state index contributed by atoms with van der Waals surface area (Å²) in [6.45, 7) is 8.47. The smallest absolute Gasteiger partial charge is 0.0154 e. The van der Waals surface area contributed by atoms with E-state index in [-0.39, 0.29) is 0 Å². The first-order valence-corrected chi connectivity index (χ1v) is 6.65. The Kier molecular flexibility index (Phi) is 3.68. The Morgan fingerprint density at radius 2 is 2.27 bits per heavy atom. The molecule has 2 nitrogen and oxygen atoms in total. The number of piperidine rings is 1. The maximum atomic E-state index is 3.68. The van der Waals surface area contributed by atoms with Crippen LogP contribution >= 0.6 is 0 Å². The van der Waals surface area contributed by atoms with E-state index in [0.717, 1.165) is 11.8 Å². The molecule has 0 radical (unpaired) electrons. The van der Waals surface area contributed by atoms with Gasteiger partial charge in [-0.15, -0.1) is 0 Å². The molecule has 0 spiro atoms. The minimum atomic E-state index is 0.518. The van der Waals surface area contributed by atoms with Gasteiger partial charge in [-0.3, -0.25) is 0 Å². The van der Waals surface area contributed by atoms with Crippen molar-refractivity contribution in [3.05, 3.63) is 0 Å². The molecule has 2 heteroatoms. The fraction of sp³-hybridized carbons (Fsp3) is 1.00. The summed E-state index contributed by atoms with van der Waals surface area (Å²) in [5.74, 6) is 1.81. The van der Waals surface area contributed by atoms with Gasteiger partial charge >= 0.3 is 0 Å². The largest absolute Gasteiger partial charge is 0.316 e. The highest BCUT2D eigenvalue weighted by molar-refractivity contribution is 4.97. The fourth-order valence-corrected chi connectivity index (χ4v) is 2.57. The van der Waals surface area contributed by atoms with E-state index in [1.54, 1.807) is 0 Å². The van der Waals surface area contributed by atoms with Gasteiger partial charge < -0.3 is 10.6 Å². The van der Waals surface area contributed by atoms with Crippen LogP contribution in [0.1, 0.15) is 46.0 Å². The summed E-state index contributed by atoms with van der Waals surface area (Å²) >= 11 is 0. The van der Waals surface area contributed by atoms with E-state index in [2.05, 4.69) is 24.5 Å². The van der Waals surface area contributed by atoms with Gasteiger partial charge in [-0.2, -0.15) is 0 Å². The molecule has 2 rings (SSSR count). The minimum Gasteiger partial charge on any atom is -0.316 e. The van der Waals surface area contributed by atoms with Crippen LogP contribution in [0.15, 0.2) is 0 Å². The maximum absolute atomic E-state index is 3.68. The van der Waals surface area contributed by atoms with E-state index in [1.807, 2.05) is 0 Å². The Labute approximate surface area is 94.2 Å². The molecule has 2 fully saturated rings. The van der Waals surface area contributed by atoms with Crippen molar-refractivity contribution >= 4 is 0 Å². The number of hydrogen-bond acceptors (Lipinski definition) is 2. The second kappa shape index (κ2) is 4.84.